The van der Waals surface area contributed by atoms with Crippen molar-refractivity contribution in [1.82, 2.24) is 0 Å². The summed E-state index contributed by atoms with van der Waals surface area (Å²) in [7, 11) is 0. The van der Waals surface area contributed by atoms with Gasteiger partial charge in [-0.05, 0) is 198 Å². The summed E-state index contributed by atoms with van der Waals surface area (Å²) in [6.45, 7) is 40.3. The summed E-state index contributed by atoms with van der Waals surface area (Å²) < 4.78 is 60.3. The van der Waals surface area contributed by atoms with Gasteiger partial charge in [0.25, 0.3) is 0 Å². The van der Waals surface area contributed by atoms with Crippen molar-refractivity contribution >= 4 is 83.0 Å². The van der Waals surface area contributed by atoms with Crippen LogP contribution in [0.2, 0.25) is 0 Å². The van der Waals surface area contributed by atoms with E-state index in [1.807, 2.05) is 26.0 Å². The molecule has 0 aromatic heterocycles. The van der Waals surface area contributed by atoms with Crippen LogP contribution in [0.4, 0.5) is 0 Å². The molecule has 5 aliphatic heterocycles. The van der Waals surface area contributed by atoms with Crippen molar-refractivity contribution in [3.05, 3.63) is 58.7 Å². The van der Waals surface area contributed by atoms with Gasteiger partial charge in [0.1, 0.15) is 78.7 Å². The molecule has 10 aliphatic rings. The Balaban J connectivity index is 0.000000247. The van der Waals surface area contributed by atoms with Gasteiger partial charge < -0.3 is 57.2 Å². The number of carbonyl (C=O) groups excluding carboxylic acids is 14. The Morgan fingerprint density at radius 3 is 1.10 bits per heavy atom. The second-order valence-corrected chi connectivity index (χ2v) is 40.7. The molecule has 5 saturated heterocycles. The van der Waals surface area contributed by atoms with Crippen molar-refractivity contribution in [2.45, 2.75) is 437 Å². The molecule has 5 heterocycles. The minimum atomic E-state index is -0.877. The number of esters is 11. The van der Waals surface area contributed by atoms with Gasteiger partial charge in [-0.2, -0.15) is 0 Å². The van der Waals surface area contributed by atoms with Crippen molar-refractivity contribution in [1.29, 1.82) is 0 Å². The number of carbonyl (C=O) groups is 14. The number of ketones is 3. The highest BCUT2D eigenvalue weighted by atomic mass is 16.6. The highest BCUT2D eigenvalue weighted by Crippen LogP contribution is 2.55. The molecule has 10 rings (SSSR count). The van der Waals surface area contributed by atoms with Crippen LogP contribution in [0.1, 0.15) is 364 Å². The van der Waals surface area contributed by atoms with Gasteiger partial charge in [-0.3, -0.25) is 67.1 Å². The Hall–Kier alpha value is -8.16. The first-order chi connectivity index (χ1) is 60.0. The number of Topliss-reactive ketones (excluding diaryl/α,β-unsaturated/α-hetero) is 2. The van der Waals surface area contributed by atoms with Gasteiger partial charge in [0.05, 0.1) is 65.3 Å². The molecule has 128 heavy (non-hydrogen) atoms. The largest absolute Gasteiger partial charge is 0.463 e. The molecule has 4 saturated carbocycles. The third kappa shape index (κ3) is 33.0. The fourth-order valence-electron chi connectivity index (χ4n) is 20.7. The lowest BCUT2D eigenvalue weighted by atomic mass is 9.66. The molecule has 5 spiro atoms. The van der Waals surface area contributed by atoms with Crippen LogP contribution in [0.15, 0.2) is 58.7 Å². The van der Waals surface area contributed by atoms with Crippen molar-refractivity contribution < 1.29 is 124 Å². The molecule has 0 amide bonds. The summed E-state index contributed by atoms with van der Waals surface area (Å²) >= 11 is 0. The molecule has 720 valence electrons. The Labute approximate surface area is 761 Å². The zero-order valence-corrected chi connectivity index (χ0v) is 81.1. The van der Waals surface area contributed by atoms with Gasteiger partial charge in [0, 0.05) is 73.6 Å². The molecule has 0 radical (unpaired) electrons. The molecule has 0 aromatic carbocycles. The number of cyclic esters (lactones) is 5. The topological polar surface area (TPSA) is 361 Å². The van der Waals surface area contributed by atoms with E-state index in [0.717, 1.165) is 75.4 Å². The zero-order chi connectivity index (χ0) is 95.3. The average molecular weight is 1800 g/mol. The van der Waals surface area contributed by atoms with E-state index in [1.54, 1.807) is 6.08 Å². The first-order valence-electron chi connectivity index (χ1n) is 47.6. The Bertz CT molecular complexity index is 3890. The van der Waals surface area contributed by atoms with Crippen LogP contribution in [0.3, 0.4) is 0 Å². The maximum absolute atomic E-state index is 12.7. The van der Waals surface area contributed by atoms with Gasteiger partial charge in [-0.25, -0.2) is 0 Å². The molecule has 26 nitrogen and oxygen atoms in total. The number of aliphatic hydroxyl groups is 1. The fraction of sp³-hybridized carbons (Fsp3) is 0.765. The molecule has 9 fully saturated rings. The van der Waals surface area contributed by atoms with E-state index < -0.39 is 63.7 Å². The lowest BCUT2D eigenvalue weighted by Gasteiger charge is -2.44. The predicted molar refractivity (Wildman–Crippen MR) is 480 cm³/mol. The van der Waals surface area contributed by atoms with Crippen LogP contribution in [0.25, 0.3) is 0 Å². The maximum atomic E-state index is 12.7. The van der Waals surface area contributed by atoms with Crippen LogP contribution in [-0.2, 0) is 119 Å². The predicted octanol–water partition coefficient (Wildman–Crippen LogP) is 18.7. The smallest absolute Gasteiger partial charge is 0.307 e. The number of aliphatic hydroxyl groups excluding tert-OH is 1. The molecule has 10 unspecified atom stereocenters. The summed E-state index contributed by atoms with van der Waals surface area (Å²) in [6.07, 6.45) is 29.3. The first-order valence-corrected chi connectivity index (χ1v) is 47.6. The van der Waals surface area contributed by atoms with E-state index in [1.165, 1.54) is 78.0 Å². The summed E-state index contributed by atoms with van der Waals surface area (Å²) in [5.74, 6) is -0.290. The number of hydrogen-bond donors (Lipinski definition) is 1. The Kier molecular flexibility index (Phi) is 42.8. The van der Waals surface area contributed by atoms with E-state index in [4.69, 9.17) is 52.1 Å². The van der Waals surface area contributed by atoms with E-state index in [2.05, 4.69) is 102 Å². The third-order valence-corrected chi connectivity index (χ3v) is 27.2. The Morgan fingerprint density at radius 2 is 0.727 bits per heavy atom. The molecule has 0 aromatic rings. The van der Waals surface area contributed by atoms with E-state index >= 15 is 0 Å². The molecule has 20 atom stereocenters. The van der Waals surface area contributed by atoms with Crippen molar-refractivity contribution in [3.63, 3.8) is 0 Å². The highest BCUT2D eigenvalue weighted by Gasteiger charge is 2.62. The number of allylic oxidation sites excluding steroid dienone is 7. The monoisotopic (exact) mass is 1800 g/mol. The SMILES string of the molecule is CC(=O)OC1CC[C@@H](OC(C)=O)CC12CC(=O)O[C@@H]2/C=C(\C)CCC=C(C)C.CC(=O)O[C@@H]1C=CC(=O)C2(CC(=O)O[C@@H]2CC(C)CCCC(C)C)C1.CC(=O)O[C@@H]1CCC(=O)C2(CC(=O)O[C@@H]2CC(C)CCCC(C)C)C1.CC(=O)O[C@@H]1CCC(=O)C2(CC(=O)O[C@@H]2CC(C)CCCC(C)C)C1.CC(=O)O[C@@H]1CCC(O)C2(CC(=O)O[C@@H]2/C=C(\C)CCC=C(C)C)C1. The lowest BCUT2D eigenvalue weighted by Crippen LogP contribution is -2.50. The molecular formula is C102H156O26. The van der Waals surface area contributed by atoms with Gasteiger partial charge >= 0.3 is 65.7 Å². The first kappa shape index (κ1) is 109. The summed E-state index contributed by atoms with van der Waals surface area (Å²) in [5, 5.41) is 10.6. The van der Waals surface area contributed by atoms with Crippen LogP contribution in [-0.4, -0.2) is 161 Å². The zero-order valence-electron chi connectivity index (χ0n) is 81.1. The van der Waals surface area contributed by atoms with Crippen LogP contribution in [0.5, 0.6) is 0 Å². The number of rotatable bonds is 32. The normalized spacial score (nSPS) is 30.7. The van der Waals surface area contributed by atoms with Crippen molar-refractivity contribution in [3.8, 4) is 0 Å². The molecule has 26 heteroatoms. The minimum Gasteiger partial charge on any atom is -0.463 e. The van der Waals surface area contributed by atoms with Gasteiger partial charge in [0.15, 0.2) is 5.78 Å². The number of hydrogen-bond acceptors (Lipinski definition) is 26. The van der Waals surface area contributed by atoms with Gasteiger partial charge in [-0.1, -0.05) is 155 Å². The van der Waals surface area contributed by atoms with Crippen molar-refractivity contribution in [2.24, 2.45) is 62.6 Å². The van der Waals surface area contributed by atoms with E-state index in [9.17, 15) is 72.2 Å². The summed E-state index contributed by atoms with van der Waals surface area (Å²) in [6, 6.07) is 0. The van der Waals surface area contributed by atoms with Gasteiger partial charge in [-0.15, -0.1) is 0 Å². The Morgan fingerprint density at radius 1 is 0.391 bits per heavy atom. The van der Waals surface area contributed by atoms with E-state index in [-0.39, 0.29) is 152 Å². The second-order valence-electron chi connectivity index (χ2n) is 40.7. The molecule has 5 aliphatic carbocycles. The van der Waals surface area contributed by atoms with Crippen LogP contribution in [0, 0.1) is 62.6 Å². The molecular weight excluding hydrogens is 1640 g/mol. The van der Waals surface area contributed by atoms with Crippen molar-refractivity contribution in [2.75, 3.05) is 0 Å². The molecule has 0 bridgehead atoms. The second kappa shape index (κ2) is 50.5. The van der Waals surface area contributed by atoms with Crippen LogP contribution >= 0.6 is 0 Å². The highest BCUT2D eigenvalue weighted by molar-refractivity contribution is 6.00. The average Bonchev–Trinajstić information content (AvgIpc) is 1.60. The molecule has 1 N–H and O–H groups in total. The van der Waals surface area contributed by atoms with Crippen LogP contribution < -0.4 is 0 Å². The standard InChI is InChI=1S/C22H32O6.2C20H32O5.2C20H30O5/c1-14(2)7-6-8-15(3)11-20-22(13-21(25)28-20)12-18(26-16(4)23)9-10-19(22)27-17(5)24;4*1-13(2)6-5-7-14(3)10-18-20(12-19(23)25-18)11-16(24-15(4)21)8-9-17(20)22/h7,11,18-20H,6,8-10,12-13H2,1-5H3;2*13-14,16,18H,5-12H2,1-4H3;8-9,13-14,16,18H,5-7,10-12H2,1-4H3;6,10,16-18,22H,5,7-9,11-12H2,1-4H3/b15-11+;;;;14-10+/t18-,19?,20-,22?;3*14?,16-,18-,20?;16-,17?,18-,20?/m11111/s1. The number of ether oxygens (including phenoxy) is 11. The summed E-state index contributed by atoms with van der Waals surface area (Å²) in [5.41, 5.74) is 0.964. The quantitative estimate of drug-likeness (QED) is 0.0371. The maximum Gasteiger partial charge on any atom is 0.307 e. The minimum absolute atomic E-state index is 0.0807. The van der Waals surface area contributed by atoms with E-state index in [0.29, 0.717) is 138 Å². The summed E-state index contributed by atoms with van der Waals surface area (Å²) in [4.78, 5) is 167. The third-order valence-electron chi connectivity index (χ3n) is 27.2. The lowest BCUT2D eigenvalue weighted by molar-refractivity contribution is -0.172. The fourth-order valence-corrected chi connectivity index (χ4v) is 20.7. The van der Waals surface area contributed by atoms with Gasteiger partial charge in [0.2, 0.25) is 0 Å².